The Morgan fingerprint density at radius 2 is 2.22 bits per heavy atom. The van der Waals surface area contributed by atoms with Crippen molar-refractivity contribution in [2.75, 3.05) is 6.61 Å². The molecule has 0 bridgehead atoms. The van der Waals surface area contributed by atoms with Crippen molar-refractivity contribution in [2.24, 2.45) is 0 Å². The molecule has 2 N–H and O–H groups in total. The van der Waals surface area contributed by atoms with Gasteiger partial charge in [-0.1, -0.05) is 0 Å². The molecule has 0 saturated carbocycles. The average molecular weight is 256 g/mol. The Labute approximate surface area is 104 Å². The normalized spacial score (nSPS) is 11.1. The molecule has 0 radical (unpaired) electrons. The standard InChI is InChI=1S/C11H16N2O5/c1-7-4-9(13-18-7)17-6-8(14)12-11(2,3)5-10(15)16/h4H,5-6H2,1-3H3,(H,12,14)(H,15,16). The summed E-state index contributed by atoms with van der Waals surface area (Å²) in [5.74, 6) is -0.592. The molecule has 1 aromatic rings. The molecule has 0 aliphatic rings. The highest BCUT2D eigenvalue weighted by Gasteiger charge is 2.24. The fourth-order valence-electron chi connectivity index (χ4n) is 1.39. The maximum atomic E-state index is 11.5. The molecule has 100 valence electrons. The second-order valence-electron chi connectivity index (χ2n) is 4.57. The summed E-state index contributed by atoms with van der Waals surface area (Å²) in [6.45, 7) is 4.71. The van der Waals surface area contributed by atoms with E-state index < -0.39 is 17.4 Å². The first-order valence-corrected chi connectivity index (χ1v) is 5.37. The van der Waals surface area contributed by atoms with Gasteiger partial charge in [-0.15, -0.1) is 0 Å². The zero-order valence-electron chi connectivity index (χ0n) is 10.5. The maximum absolute atomic E-state index is 11.5. The first-order chi connectivity index (χ1) is 8.28. The van der Waals surface area contributed by atoms with Gasteiger partial charge < -0.3 is 19.7 Å². The summed E-state index contributed by atoms with van der Waals surface area (Å²) in [6.07, 6.45) is -0.165. The van der Waals surface area contributed by atoms with Crippen molar-refractivity contribution in [3.05, 3.63) is 11.8 Å². The summed E-state index contributed by atoms with van der Waals surface area (Å²) in [7, 11) is 0. The second kappa shape index (κ2) is 5.52. The number of nitrogens with one attached hydrogen (secondary N) is 1. The molecule has 1 amide bonds. The van der Waals surface area contributed by atoms with Crippen LogP contribution >= 0.6 is 0 Å². The van der Waals surface area contributed by atoms with E-state index in [1.807, 2.05) is 0 Å². The number of ether oxygens (including phenoxy) is 1. The second-order valence-corrected chi connectivity index (χ2v) is 4.57. The minimum absolute atomic E-state index is 0.165. The highest BCUT2D eigenvalue weighted by Crippen LogP contribution is 2.10. The molecule has 0 aromatic carbocycles. The Kier molecular flexibility index (Phi) is 4.30. The van der Waals surface area contributed by atoms with Crippen LogP contribution in [0.2, 0.25) is 0 Å². The SMILES string of the molecule is Cc1cc(OCC(=O)NC(C)(C)CC(=O)O)no1. The number of amides is 1. The van der Waals surface area contributed by atoms with Crippen molar-refractivity contribution in [1.82, 2.24) is 10.5 Å². The molecule has 0 aliphatic carbocycles. The van der Waals surface area contributed by atoms with E-state index in [0.29, 0.717) is 5.76 Å². The zero-order valence-corrected chi connectivity index (χ0v) is 10.5. The molecule has 1 aromatic heterocycles. The smallest absolute Gasteiger partial charge is 0.305 e. The fourth-order valence-corrected chi connectivity index (χ4v) is 1.39. The van der Waals surface area contributed by atoms with Crippen LogP contribution in [0.5, 0.6) is 5.88 Å². The van der Waals surface area contributed by atoms with Crippen molar-refractivity contribution >= 4 is 11.9 Å². The summed E-state index contributed by atoms with van der Waals surface area (Å²) in [6, 6.07) is 1.55. The van der Waals surface area contributed by atoms with Crippen LogP contribution in [0.4, 0.5) is 0 Å². The number of aryl methyl sites for hydroxylation is 1. The largest absolute Gasteiger partial charge is 0.481 e. The number of carboxylic acid groups (broad SMARTS) is 1. The zero-order chi connectivity index (χ0) is 13.8. The van der Waals surface area contributed by atoms with Crippen molar-refractivity contribution in [3.63, 3.8) is 0 Å². The van der Waals surface area contributed by atoms with Crippen LogP contribution in [-0.4, -0.2) is 34.3 Å². The summed E-state index contributed by atoms with van der Waals surface area (Å²) in [4.78, 5) is 22.1. The Morgan fingerprint density at radius 1 is 1.56 bits per heavy atom. The predicted octanol–water partition coefficient (Wildman–Crippen LogP) is 0.731. The number of rotatable bonds is 6. The molecular formula is C11H16N2O5. The predicted molar refractivity (Wildman–Crippen MR) is 61.2 cm³/mol. The minimum Gasteiger partial charge on any atom is -0.481 e. The lowest BCUT2D eigenvalue weighted by atomic mass is 10.0. The monoisotopic (exact) mass is 256 g/mol. The third-order valence-electron chi connectivity index (χ3n) is 2.03. The number of aromatic nitrogens is 1. The molecule has 0 fully saturated rings. The topological polar surface area (TPSA) is 102 Å². The van der Waals surface area contributed by atoms with E-state index in [1.165, 1.54) is 0 Å². The molecule has 1 heterocycles. The van der Waals surface area contributed by atoms with Crippen LogP contribution in [0, 0.1) is 6.92 Å². The van der Waals surface area contributed by atoms with Crippen LogP contribution in [0.3, 0.4) is 0 Å². The first kappa shape index (κ1) is 14.0. The van der Waals surface area contributed by atoms with Crippen molar-refractivity contribution in [3.8, 4) is 5.88 Å². The summed E-state index contributed by atoms with van der Waals surface area (Å²) >= 11 is 0. The number of aliphatic carboxylic acids is 1. The van der Waals surface area contributed by atoms with Gasteiger partial charge in [0.2, 0.25) is 0 Å². The summed E-state index contributed by atoms with van der Waals surface area (Å²) < 4.78 is 9.84. The first-order valence-electron chi connectivity index (χ1n) is 5.37. The van der Waals surface area contributed by atoms with Gasteiger partial charge in [-0.2, -0.15) is 0 Å². The third kappa shape index (κ3) is 4.86. The molecule has 1 rings (SSSR count). The molecule has 0 atom stereocenters. The van der Waals surface area contributed by atoms with Crippen LogP contribution in [-0.2, 0) is 9.59 Å². The van der Waals surface area contributed by atoms with Crippen molar-refractivity contribution in [1.29, 1.82) is 0 Å². The lowest BCUT2D eigenvalue weighted by molar-refractivity contribution is -0.138. The fraction of sp³-hybridized carbons (Fsp3) is 0.545. The lowest BCUT2D eigenvalue weighted by Gasteiger charge is -2.23. The lowest BCUT2D eigenvalue weighted by Crippen LogP contribution is -2.46. The van der Waals surface area contributed by atoms with E-state index in [1.54, 1.807) is 26.8 Å². The van der Waals surface area contributed by atoms with Gasteiger partial charge in [0.05, 0.1) is 6.42 Å². The molecular weight excluding hydrogens is 240 g/mol. The Morgan fingerprint density at radius 3 is 2.72 bits per heavy atom. The van der Waals surface area contributed by atoms with E-state index >= 15 is 0 Å². The summed E-state index contributed by atoms with van der Waals surface area (Å²) in [5.41, 5.74) is -0.827. The van der Waals surface area contributed by atoms with Crippen molar-refractivity contribution < 1.29 is 24.0 Å². The molecule has 7 nitrogen and oxygen atoms in total. The molecule has 7 heteroatoms. The number of carbonyl (C=O) groups excluding carboxylic acids is 1. The number of carboxylic acids is 1. The molecule has 0 aliphatic heterocycles. The molecule has 18 heavy (non-hydrogen) atoms. The van der Waals surface area contributed by atoms with Gasteiger partial charge in [0.1, 0.15) is 5.76 Å². The van der Waals surface area contributed by atoms with Crippen LogP contribution in [0.15, 0.2) is 10.6 Å². The third-order valence-corrected chi connectivity index (χ3v) is 2.03. The minimum atomic E-state index is -0.978. The van der Waals surface area contributed by atoms with Gasteiger partial charge >= 0.3 is 5.97 Å². The van der Waals surface area contributed by atoms with E-state index in [-0.39, 0.29) is 18.9 Å². The number of nitrogens with zero attached hydrogens (tertiary/aromatic N) is 1. The van der Waals surface area contributed by atoms with E-state index in [4.69, 9.17) is 14.4 Å². The summed E-state index contributed by atoms with van der Waals surface area (Å²) in [5, 5.41) is 14.8. The maximum Gasteiger partial charge on any atom is 0.305 e. The van der Waals surface area contributed by atoms with Gasteiger partial charge in [-0.25, -0.2) is 0 Å². The Bertz CT molecular complexity index is 438. The van der Waals surface area contributed by atoms with Gasteiger partial charge in [-0.05, 0) is 25.9 Å². The average Bonchev–Trinajstić information content (AvgIpc) is 2.58. The number of hydrogen-bond acceptors (Lipinski definition) is 5. The quantitative estimate of drug-likeness (QED) is 0.778. The van der Waals surface area contributed by atoms with Gasteiger partial charge in [0.15, 0.2) is 6.61 Å². The number of carbonyl (C=O) groups is 2. The van der Waals surface area contributed by atoms with Crippen LogP contribution in [0.1, 0.15) is 26.0 Å². The number of hydrogen-bond donors (Lipinski definition) is 2. The molecule has 0 spiro atoms. The molecule has 0 unspecified atom stereocenters. The highest BCUT2D eigenvalue weighted by atomic mass is 16.5. The van der Waals surface area contributed by atoms with Crippen LogP contribution in [0.25, 0.3) is 0 Å². The highest BCUT2D eigenvalue weighted by molar-refractivity contribution is 5.79. The van der Waals surface area contributed by atoms with E-state index in [9.17, 15) is 9.59 Å². The van der Waals surface area contributed by atoms with E-state index in [2.05, 4.69) is 10.5 Å². The van der Waals surface area contributed by atoms with Gasteiger partial charge in [0, 0.05) is 11.6 Å². The van der Waals surface area contributed by atoms with Gasteiger partial charge in [0.25, 0.3) is 11.8 Å². The van der Waals surface area contributed by atoms with Crippen LogP contribution < -0.4 is 10.1 Å². The Balaban J connectivity index is 2.39. The van der Waals surface area contributed by atoms with Gasteiger partial charge in [-0.3, -0.25) is 9.59 Å². The van der Waals surface area contributed by atoms with Crippen molar-refractivity contribution in [2.45, 2.75) is 32.7 Å². The van der Waals surface area contributed by atoms with E-state index in [0.717, 1.165) is 0 Å². The Hall–Kier alpha value is -2.05. The molecule has 0 saturated heterocycles.